The number of fused-ring (bicyclic) bond motifs is 1. The van der Waals surface area contributed by atoms with Gasteiger partial charge in [-0.25, -0.2) is 19.3 Å². The lowest BCUT2D eigenvalue weighted by atomic mass is 10.1. The van der Waals surface area contributed by atoms with Crippen LogP contribution in [-0.2, 0) is 35.4 Å². The van der Waals surface area contributed by atoms with Gasteiger partial charge in [0.05, 0.1) is 29.9 Å². The van der Waals surface area contributed by atoms with Crippen molar-refractivity contribution in [2.24, 2.45) is 5.16 Å². The van der Waals surface area contributed by atoms with E-state index < -0.39 is 68.8 Å². The van der Waals surface area contributed by atoms with E-state index in [0.717, 1.165) is 33.8 Å². The predicted molar refractivity (Wildman–Crippen MR) is 162 cm³/mol. The lowest BCUT2D eigenvalue weighted by molar-refractivity contribution is -0.161. The number of phenols is 2. The standard InChI is InChI=1S/C25H24ClN9O10S2/c1-24(2,21(41)42)45-32-14(11-7-46-23(27)29-11)18(39)30-15-19(40)34-8-25(22(43)44,47-20(15)34)35-6-9(31-33-35)5-28-17(38)10-3-4-12(36)16(37)13(10)26/h3-4,6-7,15,20,36-37H,5,8H2,1-2H3,(H2,27,29)(H,28,38)(H,30,39)(H,41,42)(H,43,44)/b32-14-/t15-,20-,25-/m1/s1. The minimum Gasteiger partial charge on any atom is -0.504 e. The van der Waals surface area contributed by atoms with Crippen LogP contribution in [-0.4, -0.2) is 104 Å². The molecule has 0 saturated carbocycles. The molecule has 22 heteroatoms. The number of phenolic OH excluding ortho intramolecular Hbond substituents is 2. The van der Waals surface area contributed by atoms with Gasteiger partial charge in [-0.2, -0.15) is 0 Å². The molecule has 4 heterocycles. The Morgan fingerprint density at radius 2 is 1.98 bits per heavy atom. The number of carbonyl (C=O) groups is 5. The van der Waals surface area contributed by atoms with E-state index in [-0.39, 0.29) is 40.2 Å². The average molecular weight is 710 g/mol. The Morgan fingerprint density at radius 1 is 1.26 bits per heavy atom. The molecule has 2 saturated heterocycles. The first-order valence-electron chi connectivity index (χ1n) is 13.2. The van der Waals surface area contributed by atoms with Crippen molar-refractivity contribution in [1.29, 1.82) is 0 Å². The highest BCUT2D eigenvalue weighted by Crippen LogP contribution is 2.49. The number of halogens is 1. The summed E-state index contributed by atoms with van der Waals surface area (Å²) in [6, 6.07) is 1.06. The second kappa shape index (κ2) is 12.2. The number of nitrogens with two attached hydrogens (primary N) is 1. The topological polar surface area (TPSA) is 285 Å². The van der Waals surface area contributed by atoms with Crippen molar-refractivity contribution in [3.63, 3.8) is 0 Å². The number of carboxylic acid groups (broad SMARTS) is 2. The van der Waals surface area contributed by atoms with Crippen molar-refractivity contribution in [2.75, 3.05) is 12.3 Å². The Labute approximate surface area is 276 Å². The van der Waals surface area contributed by atoms with Crippen LogP contribution in [0.4, 0.5) is 5.13 Å². The van der Waals surface area contributed by atoms with Gasteiger partial charge in [0.25, 0.3) is 11.8 Å². The van der Waals surface area contributed by atoms with Gasteiger partial charge >= 0.3 is 11.9 Å². The number of hydrogen-bond acceptors (Lipinski definition) is 15. The molecule has 0 spiro atoms. The lowest BCUT2D eigenvalue weighted by Crippen LogP contribution is -2.68. The van der Waals surface area contributed by atoms with E-state index in [1.165, 1.54) is 36.4 Å². The fourth-order valence-corrected chi connectivity index (χ4v) is 6.66. The first-order valence-corrected chi connectivity index (χ1v) is 15.3. The molecule has 0 radical (unpaired) electrons. The van der Waals surface area contributed by atoms with Crippen LogP contribution >= 0.6 is 34.7 Å². The van der Waals surface area contributed by atoms with E-state index in [1.54, 1.807) is 0 Å². The number of nitrogens with one attached hydrogen (secondary N) is 2. The van der Waals surface area contributed by atoms with Gasteiger partial charge in [-0.1, -0.05) is 33.7 Å². The van der Waals surface area contributed by atoms with Crippen molar-refractivity contribution < 1.29 is 49.2 Å². The van der Waals surface area contributed by atoms with Gasteiger partial charge < -0.3 is 46.5 Å². The maximum Gasteiger partial charge on any atom is 0.350 e. The third-order valence-electron chi connectivity index (χ3n) is 7.00. The third-order valence-corrected chi connectivity index (χ3v) is 9.71. The van der Waals surface area contributed by atoms with Crippen molar-refractivity contribution in [3.8, 4) is 11.5 Å². The number of nitrogen functional groups attached to an aromatic ring is 1. The summed E-state index contributed by atoms with van der Waals surface area (Å²) >= 11 is 7.72. The molecule has 19 nitrogen and oxygen atoms in total. The van der Waals surface area contributed by atoms with Crippen LogP contribution in [0.2, 0.25) is 5.02 Å². The summed E-state index contributed by atoms with van der Waals surface area (Å²) in [6.07, 6.45) is 1.26. The van der Waals surface area contributed by atoms with Crippen LogP contribution in [0.25, 0.3) is 0 Å². The molecule has 8 N–H and O–H groups in total. The maximum absolute atomic E-state index is 13.3. The maximum atomic E-state index is 13.3. The summed E-state index contributed by atoms with van der Waals surface area (Å²) in [7, 11) is 0. The Kier molecular flexibility index (Phi) is 8.64. The normalized spacial score (nSPS) is 20.7. The number of carboxylic acids is 2. The van der Waals surface area contributed by atoms with Gasteiger partial charge in [0.2, 0.25) is 16.4 Å². The summed E-state index contributed by atoms with van der Waals surface area (Å²) in [6.45, 7) is 1.84. The number of amides is 3. The number of aromatic hydroxyl groups is 2. The van der Waals surface area contributed by atoms with E-state index in [1.807, 2.05) is 0 Å². The van der Waals surface area contributed by atoms with E-state index in [4.69, 9.17) is 22.2 Å². The monoisotopic (exact) mass is 709 g/mol. The van der Waals surface area contributed by atoms with E-state index >= 15 is 0 Å². The zero-order chi connectivity index (χ0) is 34.4. The zero-order valence-corrected chi connectivity index (χ0v) is 26.5. The van der Waals surface area contributed by atoms with Gasteiger partial charge in [0.15, 0.2) is 22.3 Å². The van der Waals surface area contributed by atoms with E-state index in [2.05, 4.69) is 31.1 Å². The highest BCUT2D eigenvalue weighted by atomic mass is 35.5. The number of hydrogen-bond donors (Lipinski definition) is 7. The third kappa shape index (κ3) is 6.06. The number of carbonyl (C=O) groups excluding carboxylic acids is 3. The molecule has 0 unspecified atom stereocenters. The number of rotatable bonds is 11. The molecular weight excluding hydrogens is 686 g/mol. The molecule has 1 aromatic carbocycles. The number of thiazole rings is 1. The van der Waals surface area contributed by atoms with E-state index in [0.29, 0.717) is 0 Å². The largest absolute Gasteiger partial charge is 0.504 e. The number of aliphatic carboxylic acids is 2. The Bertz CT molecular complexity index is 1850. The molecule has 2 aliphatic rings. The number of β-lactam (4-membered cyclic amide) rings is 1. The molecule has 0 aliphatic carbocycles. The highest BCUT2D eigenvalue weighted by Gasteiger charge is 2.64. The van der Waals surface area contributed by atoms with Gasteiger partial charge in [0.1, 0.15) is 22.8 Å². The summed E-state index contributed by atoms with van der Waals surface area (Å²) < 4.78 is 1.03. The quantitative estimate of drug-likeness (QED) is 0.0584. The first-order chi connectivity index (χ1) is 22.1. The molecule has 0 bridgehead atoms. The summed E-state index contributed by atoms with van der Waals surface area (Å²) in [4.78, 5) is 71.4. The van der Waals surface area contributed by atoms with Crippen LogP contribution in [0.5, 0.6) is 11.5 Å². The first kappa shape index (κ1) is 33.2. The molecule has 3 atom stereocenters. The molecule has 2 fully saturated rings. The van der Waals surface area contributed by atoms with Gasteiger partial charge in [-0.15, -0.1) is 16.4 Å². The molecule has 2 aromatic heterocycles. The number of oxime groups is 1. The SMILES string of the molecule is CC(C)(O/N=C(\C(=O)N[C@@H]1C(=O)N2C[C@@](C(=O)O)(n3cc(CNC(=O)c4ccc(O)c(O)c4Cl)nn3)S[C@H]12)c1csc(N)n1)C(=O)O. The van der Waals surface area contributed by atoms with Crippen molar-refractivity contribution in [1.82, 2.24) is 35.5 Å². The van der Waals surface area contributed by atoms with Crippen LogP contribution in [0.1, 0.15) is 35.6 Å². The predicted octanol–water partition coefficient (Wildman–Crippen LogP) is -0.267. The summed E-state index contributed by atoms with van der Waals surface area (Å²) in [5.41, 5.74) is 3.36. The molecular formula is C25H24ClN9O10S2. The fourth-order valence-electron chi connectivity index (χ4n) is 4.33. The van der Waals surface area contributed by atoms with Gasteiger partial charge in [0, 0.05) is 5.38 Å². The van der Waals surface area contributed by atoms with Crippen molar-refractivity contribution in [3.05, 3.63) is 45.7 Å². The van der Waals surface area contributed by atoms with Crippen molar-refractivity contribution >= 4 is 75.2 Å². The Morgan fingerprint density at radius 3 is 2.62 bits per heavy atom. The number of aromatic nitrogens is 4. The van der Waals surface area contributed by atoms with Crippen molar-refractivity contribution in [2.45, 2.75) is 42.3 Å². The van der Waals surface area contributed by atoms with Crippen LogP contribution in [0.15, 0.2) is 28.9 Å². The second-order valence-corrected chi connectivity index (χ2v) is 13.2. The van der Waals surface area contributed by atoms with E-state index in [9.17, 15) is 44.4 Å². The van der Waals surface area contributed by atoms with Gasteiger partial charge in [-0.3, -0.25) is 14.4 Å². The van der Waals surface area contributed by atoms with Crippen LogP contribution in [0.3, 0.4) is 0 Å². The highest BCUT2D eigenvalue weighted by molar-refractivity contribution is 8.01. The van der Waals surface area contributed by atoms with Crippen LogP contribution < -0.4 is 16.4 Å². The molecule has 3 aromatic rings. The number of anilines is 1. The molecule has 3 amide bonds. The smallest absolute Gasteiger partial charge is 0.350 e. The molecule has 2 aliphatic heterocycles. The summed E-state index contributed by atoms with van der Waals surface area (Å²) in [5, 5.41) is 55.6. The fraction of sp³-hybridized carbons (Fsp3) is 0.320. The number of thioether (sulfide) groups is 1. The lowest BCUT2D eigenvalue weighted by Gasteiger charge is -2.41. The molecule has 5 rings (SSSR count). The second-order valence-electron chi connectivity index (χ2n) is 10.6. The minimum absolute atomic E-state index is 0.0412. The van der Waals surface area contributed by atoms with Crippen LogP contribution in [0, 0.1) is 0 Å². The number of nitrogens with zero attached hydrogens (tertiary/aromatic N) is 6. The molecule has 47 heavy (non-hydrogen) atoms. The Hall–Kier alpha value is -5.15. The summed E-state index contributed by atoms with van der Waals surface area (Å²) in [5.74, 6) is -6.21. The average Bonchev–Trinajstić information content (AvgIpc) is 3.75. The van der Waals surface area contributed by atoms with Gasteiger partial charge in [-0.05, 0) is 26.0 Å². The zero-order valence-electron chi connectivity index (χ0n) is 24.1. The molecule has 248 valence electrons. The number of benzene rings is 1. The Balaban J connectivity index is 1.30. The minimum atomic E-state index is -1.87.